The van der Waals surface area contributed by atoms with Crippen LogP contribution < -0.4 is 4.74 Å². The maximum Gasteiger partial charge on any atom is 0.128 e. The average Bonchev–Trinajstić information content (AvgIpc) is 2.67. The smallest absolute Gasteiger partial charge is 0.128 e. The fraction of sp³-hybridized carbons (Fsp3) is 0.522. The van der Waals surface area contributed by atoms with E-state index >= 15 is 0 Å². The summed E-state index contributed by atoms with van der Waals surface area (Å²) < 4.78 is 6.07. The second kappa shape index (κ2) is 10.8. The van der Waals surface area contributed by atoms with Crippen molar-refractivity contribution in [3.8, 4) is 5.75 Å². The minimum atomic E-state index is 0.624. The Morgan fingerprint density at radius 2 is 1.54 bits per heavy atom. The van der Waals surface area contributed by atoms with Crippen LogP contribution in [0.2, 0.25) is 0 Å². The van der Waals surface area contributed by atoms with E-state index in [9.17, 15) is 0 Å². The Morgan fingerprint density at radius 3 is 2.19 bits per heavy atom. The number of rotatable bonds is 11. The SMILES string of the molecule is CCCCCCOc1ccc(C(=N)N(CCC)CCC)c2ccccc12. The van der Waals surface area contributed by atoms with E-state index in [4.69, 9.17) is 10.1 Å². The van der Waals surface area contributed by atoms with Crippen molar-refractivity contribution in [1.29, 1.82) is 5.41 Å². The summed E-state index contributed by atoms with van der Waals surface area (Å²) in [5.74, 6) is 1.56. The van der Waals surface area contributed by atoms with Crippen molar-refractivity contribution in [2.24, 2.45) is 0 Å². The normalized spacial score (nSPS) is 10.9. The first kappa shape index (κ1) is 20.3. The van der Waals surface area contributed by atoms with E-state index in [0.717, 1.165) is 61.0 Å². The molecular formula is C23H34N2O. The predicted octanol–water partition coefficient (Wildman–Crippen LogP) is 6.25. The van der Waals surface area contributed by atoms with Crippen molar-refractivity contribution in [1.82, 2.24) is 4.90 Å². The average molecular weight is 355 g/mol. The molecule has 2 rings (SSSR count). The monoisotopic (exact) mass is 354 g/mol. The summed E-state index contributed by atoms with van der Waals surface area (Å²) in [5, 5.41) is 11.0. The van der Waals surface area contributed by atoms with Gasteiger partial charge in [-0.1, -0.05) is 64.3 Å². The Hall–Kier alpha value is -2.03. The molecule has 0 saturated carbocycles. The highest BCUT2D eigenvalue weighted by atomic mass is 16.5. The third-order valence-electron chi connectivity index (χ3n) is 4.70. The number of hydrogen-bond donors (Lipinski definition) is 1. The van der Waals surface area contributed by atoms with Crippen LogP contribution >= 0.6 is 0 Å². The van der Waals surface area contributed by atoms with Gasteiger partial charge in [0.15, 0.2) is 0 Å². The number of benzene rings is 2. The molecule has 0 aliphatic carbocycles. The molecule has 0 radical (unpaired) electrons. The lowest BCUT2D eigenvalue weighted by molar-refractivity contribution is 0.308. The van der Waals surface area contributed by atoms with Crippen LogP contribution in [-0.4, -0.2) is 30.4 Å². The molecule has 0 fully saturated rings. The number of fused-ring (bicyclic) bond motifs is 1. The molecule has 0 bridgehead atoms. The van der Waals surface area contributed by atoms with Gasteiger partial charge < -0.3 is 9.64 Å². The predicted molar refractivity (Wildman–Crippen MR) is 113 cm³/mol. The summed E-state index contributed by atoms with van der Waals surface area (Å²) in [6.45, 7) is 9.18. The van der Waals surface area contributed by atoms with Gasteiger partial charge in [0.1, 0.15) is 11.6 Å². The first-order chi connectivity index (χ1) is 12.7. The number of unbranched alkanes of at least 4 members (excludes halogenated alkanes) is 3. The Labute approximate surface area is 158 Å². The third-order valence-corrected chi connectivity index (χ3v) is 4.70. The molecule has 2 aromatic carbocycles. The first-order valence-electron chi connectivity index (χ1n) is 10.2. The lowest BCUT2D eigenvalue weighted by Crippen LogP contribution is -2.32. The largest absolute Gasteiger partial charge is 0.493 e. The van der Waals surface area contributed by atoms with Gasteiger partial charge >= 0.3 is 0 Å². The highest BCUT2D eigenvalue weighted by Gasteiger charge is 2.15. The quantitative estimate of drug-likeness (QED) is 0.294. The maximum absolute atomic E-state index is 8.75. The Bertz CT molecular complexity index is 690. The van der Waals surface area contributed by atoms with E-state index in [1.165, 1.54) is 19.3 Å². The van der Waals surface area contributed by atoms with Crippen molar-refractivity contribution in [2.45, 2.75) is 59.3 Å². The minimum absolute atomic E-state index is 0.624. The molecule has 0 aromatic heterocycles. The zero-order chi connectivity index (χ0) is 18.8. The molecule has 0 heterocycles. The van der Waals surface area contributed by atoms with Gasteiger partial charge in [0.05, 0.1) is 6.61 Å². The van der Waals surface area contributed by atoms with Gasteiger partial charge in [-0.25, -0.2) is 0 Å². The molecule has 0 aliphatic heterocycles. The summed E-state index contributed by atoms with van der Waals surface area (Å²) in [7, 11) is 0. The summed E-state index contributed by atoms with van der Waals surface area (Å²) in [5.41, 5.74) is 1.00. The van der Waals surface area contributed by atoms with Crippen LogP contribution in [0.5, 0.6) is 5.75 Å². The maximum atomic E-state index is 8.75. The number of hydrogen-bond acceptors (Lipinski definition) is 2. The molecule has 0 atom stereocenters. The second-order valence-corrected chi connectivity index (χ2v) is 6.90. The molecule has 0 saturated heterocycles. The molecule has 2 aromatic rings. The lowest BCUT2D eigenvalue weighted by atomic mass is 10.0. The zero-order valence-corrected chi connectivity index (χ0v) is 16.7. The van der Waals surface area contributed by atoms with Crippen LogP contribution in [0, 0.1) is 5.41 Å². The Balaban J connectivity index is 2.24. The van der Waals surface area contributed by atoms with Gasteiger partial charge in [-0.15, -0.1) is 0 Å². The second-order valence-electron chi connectivity index (χ2n) is 6.90. The molecule has 0 unspecified atom stereocenters. The van der Waals surface area contributed by atoms with Gasteiger partial charge in [-0.05, 0) is 36.8 Å². The van der Waals surface area contributed by atoms with Gasteiger partial charge in [0.25, 0.3) is 0 Å². The van der Waals surface area contributed by atoms with Crippen LogP contribution in [0.3, 0.4) is 0 Å². The van der Waals surface area contributed by atoms with Crippen molar-refractivity contribution in [3.05, 3.63) is 42.0 Å². The van der Waals surface area contributed by atoms with Gasteiger partial charge in [0, 0.05) is 24.0 Å². The van der Waals surface area contributed by atoms with Crippen molar-refractivity contribution < 1.29 is 4.74 Å². The fourth-order valence-corrected chi connectivity index (χ4v) is 3.36. The lowest BCUT2D eigenvalue weighted by Gasteiger charge is -2.25. The van der Waals surface area contributed by atoms with Gasteiger partial charge in [-0.2, -0.15) is 0 Å². The van der Waals surface area contributed by atoms with E-state index in [2.05, 4.69) is 49.9 Å². The summed E-state index contributed by atoms with van der Waals surface area (Å²) >= 11 is 0. The highest BCUT2D eigenvalue weighted by molar-refractivity contribution is 6.09. The molecule has 1 N–H and O–H groups in total. The van der Waals surface area contributed by atoms with E-state index < -0.39 is 0 Å². The standard InChI is InChI=1S/C23H34N2O/c1-4-7-8-11-18-26-22-15-14-21(19-12-9-10-13-20(19)22)23(24)25(16-5-2)17-6-3/h9-10,12-15,24H,4-8,11,16-18H2,1-3H3. The number of amidine groups is 1. The fourth-order valence-electron chi connectivity index (χ4n) is 3.36. The number of nitrogens with zero attached hydrogens (tertiary/aromatic N) is 1. The van der Waals surface area contributed by atoms with Crippen molar-refractivity contribution in [2.75, 3.05) is 19.7 Å². The first-order valence-corrected chi connectivity index (χ1v) is 10.2. The third kappa shape index (κ3) is 5.23. The van der Waals surface area contributed by atoms with E-state index in [-0.39, 0.29) is 0 Å². The van der Waals surface area contributed by atoms with Gasteiger partial charge in [0.2, 0.25) is 0 Å². The zero-order valence-electron chi connectivity index (χ0n) is 16.7. The summed E-state index contributed by atoms with van der Waals surface area (Å²) in [6, 6.07) is 12.4. The van der Waals surface area contributed by atoms with Crippen LogP contribution in [0.4, 0.5) is 0 Å². The van der Waals surface area contributed by atoms with E-state index in [0.29, 0.717) is 5.84 Å². The molecule has 3 nitrogen and oxygen atoms in total. The van der Waals surface area contributed by atoms with Crippen LogP contribution in [0.1, 0.15) is 64.9 Å². The molecular weight excluding hydrogens is 320 g/mol. The van der Waals surface area contributed by atoms with Crippen LogP contribution in [0.15, 0.2) is 36.4 Å². The number of nitrogens with one attached hydrogen (secondary N) is 1. The minimum Gasteiger partial charge on any atom is -0.493 e. The Kier molecular flexibility index (Phi) is 8.46. The van der Waals surface area contributed by atoms with Crippen LogP contribution in [0.25, 0.3) is 10.8 Å². The molecule has 26 heavy (non-hydrogen) atoms. The summed E-state index contributed by atoms with van der Waals surface area (Å²) in [6.07, 6.45) is 6.94. The molecule has 0 aliphatic rings. The highest BCUT2D eigenvalue weighted by Crippen LogP contribution is 2.29. The Morgan fingerprint density at radius 1 is 0.846 bits per heavy atom. The van der Waals surface area contributed by atoms with Crippen LogP contribution in [-0.2, 0) is 0 Å². The number of ether oxygens (including phenoxy) is 1. The topological polar surface area (TPSA) is 36.3 Å². The molecule has 142 valence electrons. The molecule has 3 heteroatoms. The van der Waals surface area contributed by atoms with E-state index in [1.54, 1.807) is 0 Å². The van der Waals surface area contributed by atoms with Crippen molar-refractivity contribution >= 4 is 16.6 Å². The summed E-state index contributed by atoms with van der Waals surface area (Å²) in [4.78, 5) is 2.19. The van der Waals surface area contributed by atoms with Gasteiger partial charge in [-0.3, -0.25) is 5.41 Å². The van der Waals surface area contributed by atoms with E-state index in [1.807, 2.05) is 12.1 Å². The molecule has 0 amide bonds. The van der Waals surface area contributed by atoms with Crippen molar-refractivity contribution in [3.63, 3.8) is 0 Å². The molecule has 0 spiro atoms.